The minimum absolute atomic E-state index is 0.0162. The highest BCUT2D eigenvalue weighted by Crippen LogP contribution is 2.33. The zero-order valence-corrected chi connectivity index (χ0v) is 16.6. The first-order valence-electron chi connectivity index (χ1n) is 9.98. The van der Waals surface area contributed by atoms with E-state index in [1.165, 1.54) is 0 Å². The average molecular weight is 380 g/mol. The van der Waals surface area contributed by atoms with Gasteiger partial charge in [-0.3, -0.25) is 4.79 Å². The Morgan fingerprint density at radius 2 is 1.75 bits per heavy atom. The fourth-order valence-electron chi connectivity index (χ4n) is 4.14. The van der Waals surface area contributed by atoms with E-state index in [2.05, 4.69) is 11.8 Å². The van der Waals surface area contributed by atoms with E-state index in [-0.39, 0.29) is 5.91 Å². The molecule has 2 fully saturated rings. The van der Waals surface area contributed by atoms with Crippen LogP contribution in [0.3, 0.4) is 0 Å². The quantitative estimate of drug-likeness (QED) is 0.890. The number of hydrogen-bond donors (Lipinski definition) is 1. The van der Waals surface area contributed by atoms with Crippen LogP contribution in [0.1, 0.15) is 33.5 Å². The number of aryl methyl sites for hydroxylation is 2. The van der Waals surface area contributed by atoms with Crippen molar-refractivity contribution in [3.63, 3.8) is 0 Å². The second-order valence-corrected chi connectivity index (χ2v) is 7.98. The lowest BCUT2D eigenvalue weighted by molar-refractivity contribution is 0.0417. The number of anilines is 1. The molecule has 0 bridgehead atoms. The number of hydrogen-bond acceptors (Lipinski definition) is 4. The summed E-state index contributed by atoms with van der Waals surface area (Å²) in [4.78, 5) is 17.2. The van der Waals surface area contributed by atoms with Crippen molar-refractivity contribution in [3.05, 3.63) is 64.7 Å². The normalized spacial score (nSPS) is 22.5. The first-order chi connectivity index (χ1) is 13.5. The molecule has 1 amide bonds. The lowest BCUT2D eigenvalue weighted by Gasteiger charge is -2.30. The van der Waals surface area contributed by atoms with Crippen LogP contribution in [0.4, 0.5) is 5.69 Å². The second-order valence-electron chi connectivity index (χ2n) is 7.98. The van der Waals surface area contributed by atoms with Crippen molar-refractivity contribution < 1.29 is 14.6 Å². The number of likely N-dealkylation sites (tertiary alicyclic amines) is 1. The van der Waals surface area contributed by atoms with Crippen LogP contribution in [0.5, 0.6) is 0 Å². The predicted octanol–water partition coefficient (Wildman–Crippen LogP) is 2.87. The summed E-state index contributed by atoms with van der Waals surface area (Å²) >= 11 is 0. The molecule has 0 unspecified atom stereocenters. The number of aliphatic hydroxyl groups is 1. The molecule has 0 radical (unpaired) electrons. The highest BCUT2D eigenvalue weighted by atomic mass is 16.5. The van der Waals surface area contributed by atoms with Gasteiger partial charge in [-0.15, -0.1) is 0 Å². The number of β-amino-alcohol motifs (C(OH)–C–C–N with tert-alkyl or cyclic N) is 1. The predicted molar refractivity (Wildman–Crippen MR) is 110 cm³/mol. The molecular weight excluding hydrogens is 352 g/mol. The Kier molecular flexibility index (Phi) is 5.13. The molecule has 1 atom stereocenters. The molecule has 2 aliphatic rings. The molecule has 0 saturated carbocycles. The summed E-state index contributed by atoms with van der Waals surface area (Å²) in [6.07, 6.45) is 0.560. The van der Waals surface area contributed by atoms with E-state index in [0.29, 0.717) is 38.3 Å². The highest BCUT2D eigenvalue weighted by molar-refractivity contribution is 5.95. The van der Waals surface area contributed by atoms with Gasteiger partial charge < -0.3 is 19.6 Å². The first kappa shape index (κ1) is 19.0. The summed E-state index contributed by atoms with van der Waals surface area (Å²) in [6.45, 7) is 8.11. The standard InChI is InChI=1S/C23H28N2O3/c1-17-3-7-20(8-4-17)23(27)9-10-25(16-23)22(26)19-6-5-18(2)21(15-19)24-11-13-28-14-12-24/h3-8,15,27H,9-14,16H2,1-2H3/t23-/m0/s1. The summed E-state index contributed by atoms with van der Waals surface area (Å²) in [5.74, 6) is -0.0162. The van der Waals surface area contributed by atoms with Crippen molar-refractivity contribution in [1.29, 1.82) is 0 Å². The third kappa shape index (κ3) is 3.64. The van der Waals surface area contributed by atoms with Crippen molar-refractivity contribution >= 4 is 11.6 Å². The molecule has 148 valence electrons. The van der Waals surface area contributed by atoms with E-state index >= 15 is 0 Å². The van der Waals surface area contributed by atoms with Gasteiger partial charge in [0, 0.05) is 30.9 Å². The van der Waals surface area contributed by atoms with E-state index in [9.17, 15) is 9.90 Å². The number of benzene rings is 2. The van der Waals surface area contributed by atoms with Gasteiger partial charge >= 0.3 is 0 Å². The van der Waals surface area contributed by atoms with E-state index < -0.39 is 5.60 Å². The third-order valence-corrected chi connectivity index (χ3v) is 5.93. The smallest absolute Gasteiger partial charge is 0.254 e. The van der Waals surface area contributed by atoms with Crippen LogP contribution < -0.4 is 4.90 Å². The van der Waals surface area contributed by atoms with Gasteiger partial charge in [-0.25, -0.2) is 0 Å². The first-order valence-corrected chi connectivity index (χ1v) is 9.98. The number of ether oxygens (including phenoxy) is 1. The average Bonchev–Trinajstić information content (AvgIpc) is 3.12. The molecule has 5 nitrogen and oxygen atoms in total. The van der Waals surface area contributed by atoms with E-state index in [1.54, 1.807) is 4.90 Å². The maximum atomic E-state index is 13.1. The molecule has 2 heterocycles. The van der Waals surface area contributed by atoms with Crippen LogP contribution in [0.25, 0.3) is 0 Å². The van der Waals surface area contributed by atoms with Gasteiger partial charge in [0.15, 0.2) is 0 Å². The van der Waals surface area contributed by atoms with Gasteiger partial charge in [0.05, 0.1) is 19.8 Å². The van der Waals surface area contributed by atoms with Gasteiger partial charge in [0.25, 0.3) is 5.91 Å². The minimum Gasteiger partial charge on any atom is -0.383 e. The maximum absolute atomic E-state index is 13.1. The number of carbonyl (C=O) groups is 1. The molecule has 2 aromatic rings. The molecule has 4 rings (SSSR count). The lowest BCUT2D eigenvalue weighted by atomic mass is 9.92. The molecule has 5 heteroatoms. The van der Waals surface area contributed by atoms with Crippen molar-refractivity contribution in [3.8, 4) is 0 Å². The van der Waals surface area contributed by atoms with Crippen LogP contribution in [-0.4, -0.2) is 55.3 Å². The van der Waals surface area contributed by atoms with Crippen LogP contribution in [0.2, 0.25) is 0 Å². The zero-order chi connectivity index (χ0) is 19.7. The summed E-state index contributed by atoms with van der Waals surface area (Å²) in [5.41, 5.74) is 4.01. The highest BCUT2D eigenvalue weighted by Gasteiger charge is 2.39. The number of morpholine rings is 1. The number of rotatable bonds is 3. The van der Waals surface area contributed by atoms with E-state index in [4.69, 9.17) is 4.74 Å². The van der Waals surface area contributed by atoms with Crippen molar-refractivity contribution in [2.75, 3.05) is 44.3 Å². The van der Waals surface area contributed by atoms with Crippen molar-refractivity contribution in [2.45, 2.75) is 25.9 Å². The minimum atomic E-state index is -0.971. The molecule has 0 aliphatic carbocycles. The van der Waals surface area contributed by atoms with Crippen LogP contribution in [0.15, 0.2) is 42.5 Å². The van der Waals surface area contributed by atoms with Crippen molar-refractivity contribution in [1.82, 2.24) is 4.90 Å². The zero-order valence-electron chi connectivity index (χ0n) is 16.6. The Hall–Kier alpha value is -2.37. The van der Waals surface area contributed by atoms with Gasteiger partial charge in [-0.05, 0) is 43.5 Å². The largest absolute Gasteiger partial charge is 0.383 e. The van der Waals surface area contributed by atoms with Gasteiger partial charge in [0.1, 0.15) is 5.60 Å². The van der Waals surface area contributed by atoms with Gasteiger partial charge in [0.2, 0.25) is 0 Å². The monoisotopic (exact) mass is 380 g/mol. The van der Waals surface area contributed by atoms with Crippen LogP contribution >= 0.6 is 0 Å². The maximum Gasteiger partial charge on any atom is 0.254 e. The molecule has 2 saturated heterocycles. The molecule has 0 spiro atoms. The molecule has 1 N–H and O–H groups in total. The second kappa shape index (κ2) is 7.57. The SMILES string of the molecule is Cc1ccc([C@]2(O)CCN(C(=O)c3ccc(C)c(N4CCOCC4)c3)C2)cc1. The van der Waals surface area contributed by atoms with Gasteiger partial charge in [-0.1, -0.05) is 35.9 Å². The summed E-state index contributed by atoms with van der Waals surface area (Å²) in [7, 11) is 0. The Labute approximate surface area is 166 Å². The molecule has 2 aromatic carbocycles. The molecular formula is C23H28N2O3. The Morgan fingerprint density at radius 1 is 1.04 bits per heavy atom. The number of amides is 1. The number of nitrogens with zero attached hydrogens (tertiary/aromatic N) is 2. The Morgan fingerprint density at radius 3 is 2.46 bits per heavy atom. The van der Waals surface area contributed by atoms with Crippen molar-refractivity contribution in [2.24, 2.45) is 0 Å². The Balaban J connectivity index is 1.53. The fourth-order valence-corrected chi connectivity index (χ4v) is 4.14. The topological polar surface area (TPSA) is 53.0 Å². The molecule has 2 aliphatic heterocycles. The third-order valence-electron chi connectivity index (χ3n) is 5.93. The number of carbonyl (C=O) groups excluding carboxylic acids is 1. The summed E-state index contributed by atoms with van der Waals surface area (Å²) in [6, 6.07) is 13.8. The fraction of sp³-hybridized carbons (Fsp3) is 0.435. The summed E-state index contributed by atoms with van der Waals surface area (Å²) < 4.78 is 5.45. The van der Waals surface area contributed by atoms with Crippen LogP contribution in [0, 0.1) is 13.8 Å². The Bertz CT molecular complexity index is 859. The van der Waals surface area contributed by atoms with E-state index in [0.717, 1.165) is 35.5 Å². The molecule has 28 heavy (non-hydrogen) atoms. The molecule has 0 aromatic heterocycles. The van der Waals surface area contributed by atoms with Gasteiger partial charge in [-0.2, -0.15) is 0 Å². The van der Waals surface area contributed by atoms with Crippen LogP contribution in [-0.2, 0) is 10.3 Å². The summed E-state index contributed by atoms with van der Waals surface area (Å²) in [5, 5.41) is 11.1. The van der Waals surface area contributed by atoms with E-state index in [1.807, 2.05) is 49.4 Å². The lowest BCUT2D eigenvalue weighted by Crippen LogP contribution is -2.37.